The number of hydrogen-bond acceptors (Lipinski definition) is 2. The van der Waals surface area contributed by atoms with Crippen molar-refractivity contribution in [2.75, 3.05) is 5.32 Å². The molecule has 2 aromatic rings. The minimum atomic E-state index is 0.0157. The maximum absolute atomic E-state index is 11.7. The van der Waals surface area contributed by atoms with Gasteiger partial charge in [0.15, 0.2) is 0 Å². The first-order chi connectivity index (χ1) is 9.24. The Bertz CT molecular complexity index is 526. The molecule has 0 aliphatic carbocycles. The summed E-state index contributed by atoms with van der Waals surface area (Å²) in [7, 11) is 0. The van der Waals surface area contributed by atoms with Crippen molar-refractivity contribution in [1.29, 1.82) is 0 Å². The molecule has 1 heterocycles. The molecule has 0 fully saturated rings. The largest absolute Gasteiger partial charge is 0.325 e. The summed E-state index contributed by atoms with van der Waals surface area (Å²) in [6.45, 7) is 0. The second-order valence-electron chi connectivity index (χ2n) is 4.27. The topological polar surface area (TPSA) is 42.0 Å². The van der Waals surface area contributed by atoms with E-state index in [1.54, 1.807) is 18.5 Å². The van der Waals surface area contributed by atoms with Crippen molar-refractivity contribution >= 4 is 23.2 Å². The van der Waals surface area contributed by atoms with Gasteiger partial charge in [-0.2, -0.15) is 0 Å². The fourth-order valence-electron chi connectivity index (χ4n) is 1.76. The molecule has 0 atom stereocenters. The van der Waals surface area contributed by atoms with Crippen LogP contribution in [0.15, 0.2) is 48.8 Å². The second kappa shape index (κ2) is 6.90. The molecule has 0 saturated carbocycles. The van der Waals surface area contributed by atoms with Gasteiger partial charge in [0.1, 0.15) is 0 Å². The van der Waals surface area contributed by atoms with Gasteiger partial charge in [-0.15, -0.1) is 0 Å². The predicted octanol–water partition coefficient (Wildman–Crippen LogP) is 3.70. The molecule has 0 aliphatic heterocycles. The summed E-state index contributed by atoms with van der Waals surface area (Å²) >= 11 is 5.82. The van der Waals surface area contributed by atoms with Gasteiger partial charge in [-0.05, 0) is 42.7 Å². The van der Waals surface area contributed by atoms with Gasteiger partial charge in [-0.3, -0.25) is 9.78 Å². The number of hydrogen-bond donors (Lipinski definition) is 1. The van der Waals surface area contributed by atoms with Crippen molar-refractivity contribution in [3.63, 3.8) is 0 Å². The number of pyridine rings is 1. The van der Waals surface area contributed by atoms with E-state index in [1.807, 2.05) is 30.3 Å². The van der Waals surface area contributed by atoms with Gasteiger partial charge in [-0.1, -0.05) is 23.7 Å². The van der Waals surface area contributed by atoms with Crippen LogP contribution in [0.3, 0.4) is 0 Å². The third kappa shape index (κ3) is 4.72. The van der Waals surface area contributed by atoms with Crippen LogP contribution in [0.1, 0.15) is 18.4 Å². The molecule has 2 rings (SSSR count). The third-order valence-electron chi connectivity index (χ3n) is 2.73. The number of halogens is 1. The highest BCUT2D eigenvalue weighted by Crippen LogP contribution is 2.12. The van der Waals surface area contributed by atoms with E-state index in [9.17, 15) is 4.79 Å². The molecular weight excluding hydrogens is 260 g/mol. The lowest BCUT2D eigenvalue weighted by Crippen LogP contribution is -2.11. The van der Waals surface area contributed by atoms with Gasteiger partial charge in [0.05, 0.1) is 11.9 Å². The van der Waals surface area contributed by atoms with E-state index >= 15 is 0 Å². The number of aromatic nitrogens is 1. The van der Waals surface area contributed by atoms with Gasteiger partial charge in [0, 0.05) is 17.6 Å². The first-order valence-corrected chi connectivity index (χ1v) is 6.56. The zero-order valence-electron chi connectivity index (χ0n) is 10.5. The fraction of sp³-hybridized carbons (Fsp3) is 0.200. The molecule has 19 heavy (non-hydrogen) atoms. The number of aryl methyl sites for hydroxylation is 1. The van der Waals surface area contributed by atoms with Crippen molar-refractivity contribution in [2.45, 2.75) is 19.3 Å². The second-order valence-corrected chi connectivity index (χ2v) is 4.71. The number of carbonyl (C=O) groups excluding carboxylic acids is 1. The Morgan fingerprint density at radius 1 is 1.21 bits per heavy atom. The number of benzene rings is 1. The Morgan fingerprint density at radius 2 is 2.00 bits per heavy atom. The monoisotopic (exact) mass is 274 g/mol. The van der Waals surface area contributed by atoms with Crippen LogP contribution in [0.5, 0.6) is 0 Å². The highest BCUT2D eigenvalue weighted by molar-refractivity contribution is 6.30. The number of carbonyl (C=O) groups is 1. The van der Waals surface area contributed by atoms with E-state index in [2.05, 4.69) is 10.3 Å². The normalized spacial score (nSPS) is 10.2. The lowest BCUT2D eigenvalue weighted by molar-refractivity contribution is -0.116. The van der Waals surface area contributed by atoms with Crippen LogP contribution in [-0.2, 0) is 11.2 Å². The average Bonchev–Trinajstić information content (AvgIpc) is 2.42. The first kappa shape index (κ1) is 13.6. The van der Waals surface area contributed by atoms with Gasteiger partial charge >= 0.3 is 0 Å². The van der Waals surface area contributed by atoms with Gasteiger partial charge < -0.3 is 5.32 Å². The van der Waals surface area contributed by atoms with Crippen LogP contribution in [0.25, 0.3) is 0 Å². The molecule has 0 unspecified atom stereocenters. The Morgan fingerprint density at radius 3 is 2.68 bits per heavy atom. The number of amides is 1. The van der Waals surface area contributed by atoms with Crippen LogP contribution in [0.4, 0.5) is 5.69 Å². The molecule has 1 N–H and O–H groups in total. The van der Waals surface area contributed by atoms with Crippen LogP contribution in [-0.4, -0.2) is 10.9 Å². The van der Waals surface area contributed by atoms with E-state index < -0.39 is 0 Å². The summed E-state index contributed by atoms with van der Waals surface area (Å²) in [6.07, 6.45) is 5.50. The summed E-state index contributed by atoms with van der Waals surface area (Å²) in [5.74, 6) is 0.0157. The van der Waals surface area contributed by atoms with E-state index in [4.69, 9.17) is 11.6 Å². The van der Waals surface area contributed by atoms with Crippen molar-refractivity contribution in [1.82, 2.24) is 4.98 Å². The fourth-order valence-corrected chi connectivity index (χ4v) is 1.89. The lowest BCUT2D eigenvalue weighted by Gasteiger charge is -2.04. The zero-order chi connectivity index (χ0) is 13.5. The lowest BCUT2D eigenvalue weighted by atomic mass is 10.1. The number of anilines is 1. The number of rotatable bonds is 5. The molecule has 4 heteroatoms. The van der Waals surface area contributed by atoms with Crippen LogP contribution in [0, 0.1) is 0 Å². The first-order valence-electron chi connectivity index (χ1n) is 6.18. The molecule has 0 spiro atoms. The average molecular weight is 275 g/mol. The zero-order valence-corrected chi connectivity index (χ0v) is 11.2. The minimum Gasteiger partial charge on any atom is -0.325 e. The van der Waals surface area contributed by atoms with E-state index in [0.717, 1.165) is 23.6 Å². The molecule has 3 nitrogen and oxygen atoms in total. The van der Waals surface area contributed by atoms with Gasteiger partial charge in [-0.25, -0.2) is 0 Å². The Kier molecular flexibility index (Phi) is 4.93. The van der Waals surface area contributed by atoms with Crippen LogP contribution < -0.4 is 5.32 Å². The smallest absolute Gasteiger partial charge is 0.224 e. The predicted molar refractivity (Wildman–Crippen MR) is 77.3 cm³/mol. The summed E-state index contributed by atoms with van der Waals surface area (Å²) in [6, 6.07) is 11.3. The van der Waals surface area contributed by atoms with Crippen LogP contribution >= 0.6 is 11.6 Å². The summed E-state index contributed by atoms with van der Waals surface area (Å²) in [5.41, 5.74) is 1.93. The minimum absolute atomic E-state index is 0.0157. The summed E-state index contributed by atoms with van der Waals surface area (Å²) in [4.78, 5) is 15.6. The number of nitrogens with one attached hydrogen (secondary N) is 1. The Labute approximate surface area is 117 Å². The van der Waals surface area contributed by atoms with Crippen molar-refractivity contribution in [2.24, 2.45) is 0 Å². The standard InChI is InChI=1S/C15H15ClN2O/c16-13-8-6-12(7-9-13)3-1-5-15(19)18-14-4-2-10-17-11-14/h2,4,6-11H,1,3,5H2,(H,18,19). The molecule has 0 radical (unpaired) electrons. The summed E-state index contributed by atoms with van der Waals surface area (Å²) < 4.78 is 0. The number of nitrogens with zero attached hydrogens (tertiary/aromatic N) is 1. The van der Waals surface area contributed by atoms with Crippen molar-refractivity contribution < 1.29 is 4.79 Å². The van der Waals surface area contributed by atoms with Gasteiger partial charge in [0.2, 0.25) is 5.91 Å². The Balaban J connectivity index is 1.74. The highest BCUT2D eigenvalue weighted by Gasteiger charge is 2.02. The molecule has 1 aromatic carbocycles. The third-order valence-corrected chi connectivity index (χ3v) is 2.98. The maximum atomic E-state index is 11.7. The molecule has 1 aromatic heterocycles. The highest BCUT2D eigenvalue weighted by atomic mass is 35.5. The van der Waals surface area contributed by atoms with Crippen molar-refractivity contribution in [3.05, 3.63) is 59.4 Å². The van der Waals surface area contributed by atoms with E-state index in [1.165, 1.54) is 5.56 Å². The molecule has 98 valence electrons. The SMILES string of the molecule is O=C(CCCc1ccc(Cl)cc1)Nc1cccnc1. The molecule has 0 saturated heterocycles. The molecule has 1 amide bonds. The van der Waals surface area contributed by atoms with Gasteiger partial charge in [0.25, 0.3) is 0 Å². The molecular formula is C15H15ClN2O. The van der Waals surface area contributed by atoms with Crippen molar-refractivity contribution in [3.8, 4) is 0 Å². The quantitative estimate of drug-likeness (QED) is 0.903. The summed E-state index contributed by atoms with van der Waals surface area (Å²) in [5, 5.41) is 3.55. The molecule has 0 bridgehead atoms. The van der Waals surface area contributed by atoms with E-state index in [0.29, 0.717) is 6.42 Å². The molecule has 0 aliphatic rings. The maximum Gasteiger partial charge on any atom is 0.224 e. The van der Waals surface area contributed by atoms with Crippen LogP contribution in [0.2, 0.25) is 5.02 Å². The van der Waals surface area contributed by atoms with E-state index in [-0.39, 0.29) is 5.91 Å². The Hall–Kier alpha value is -1.87.